The molecule has 11 heteroatoms. The first-order valence-electron chi connectivity index (χ1n) is 11.3. The van der Waals surface area contributed by atoms with Crippen LogP contribution < -0.4 is 16.7 Å². The molecule has 10 nitrogen and oxygen atoms in total. The lowest BCUT2D eigenvalue weighted by Gasteiger charge is -2.17. The molecule has 0 aliphatic carbocycles. The second-order valence-corrected chi connectivity index (χ2v) is 8.76. The Labute approximate surface area is 210 Å². The molecular weight excluding hydrogens is 488 g/mol. The summed E-state index contributed by atoms with van der Waals surface area (Å²) in [5, 5.41) is 13.6. The van der Waals surface area contributed by atoms with Crippen LogP contribution in [0.1, 0.15) is 30.0 Å². The third kappa shape index (κ3) is 5.50. The number of rotatable bonds is 9. The molecule has 2 heterocycles. The van der Waals surface area contributed by atoms with Crippen molar-refractivity contribution in [2.24, 2.45) is 5.92 Å². The molecular formula is C25H25ClN4O6. The zero-order chi connectivity index (χ0) is 25.8. The van der Waals surface area contributed by atoms with Gasteiger partial charge in [0.1, 0.15) is 5.58 Å². The monoisotopic (exact) mass is 512 g/mol. The predicted molar refractivity (Wildman–Crippen MR) is 135 cm³/mol. The molecule has 0 bridgehead atoms. The van der Waals surface area contributed by atoms with Gasteiger partial charge in [0.2, 0.25) is 11.7 Å². The standard InChI is InChI=1S/C25H25ClN4O6/c1-3-35-22(32)21-11-17-10-19(8-9-20(17)36-21)27-23-28-24(33)30(12-15(2)14-31)25(34)29(23)13-16-4-6-18(26)7-5-16/h4-11,15,31H,3,12-14H2,1-2H3,(H,27,28,33)/t15-/m0/s1. The summed E-state index contributed by atoms with van der Waals surface area (Å²) in [6, 6.07) is 13.6. The summed E-state index contributed by atoms with van der Waals surface area (Å²) in [4.78, 5) is 42.2. The summed E-state index contributed by atoms with van der Waals surface area (Å²) in [5.41, 5.74) is 0.474. The van der Waals surface area contributed by atoms with Crippen molar-refractivity contribution in [3.8, 4) is 0 Å². The van der Waals surface area contributed by atoms with Gasteiger partial charge < -0.3 is 19.6 Å². The van der Waals surface area contributed by atoms with Crippen molar-refractivity contribution in [2.75, 3.05) is 18.5 Å². The number of carbonyl (C=O) groups excluding carboxylic acids is 1. The number of fused-ring (bicyclic) bond motifs is 1. The van der Waals surface area contributed by atoms with Crippen molar-refractivity contribution in [1.82, 2.24) is 14.1 Å². The molecule has 36 heavy (non-hydrogen) atoms. The lowest BCUT2D eigenvalue weighted by Crippen LogP contribution is -2.44. The van der Waals surface area contributed by atoms with E-state index >= 15 is 0 Å². The third-order valence-corrected chi connectivity index (χ3v) is 5.71. The summed E-state index contributed by atoms with van der Waals surface area (Å²) in [6.45, 7) is 3.63. The van der Waals surface area contributed by atoms with Crippen molar-refractivity contribution in [1.29, 1.82) is 0 Å². The van der Waals surface area contributed by atoms with Crippen LogP contribution in [0.5, 0.6) is 0 Å². The van der Waals surface area contributed by atoms with Gasteiger partial charge in [-0.3, -0.25) is 4.57 Å². The molecule has 4 aromatic rings. The maximum atomic E-state index is 13.3. The van der Waals surface area contributed by atoms with Crippen molar-refractivity contribution >= 4 is 40.2 Å². The zero-order valence-electron chi connectivity index (χ0n) is 19.7. The van der Waals surface area contributed by atoms with Gasteiger partial charge in [-0.1, -0.05) is 30.7 Å². The second kappa shape index (κ2) is 10.8. The lowest BCUT2D eigenvalue weighted by atomic mass is 10.2. The van der Waals surface area contributed by atoms with E-state index in [4.69, 9.17) is 20.8 Å². The number of hydrogen-bond acceptors (Lipinski definition) is 8. The Morgan fingerprint density at radius 2 is 1.92 bits per heavy atom. The molecule has 188 valence electrons. The number of benzene rings is 2. The van der Waals surface area contributed by atoms with Gasteiger partial charge in [-0.2, -0.15) is 4.98 Å². The van der Waals surface area contributed by atoms with Gasteiger partial charge in [0.25, 0.3) is 0 Å². The van der Waals surface area contributed by atoms with E-state index in [9.17, 15) is 19.5 Å². The first-order valence-corrected chi connectivity index (χ1v) is 11.7. The van der Waals surface area contributed by atoms with Crippen LogP contribution in [0.15, 0.2) is 62.5 Å². The number of aliphatic hydroxyl groups is 1. The second-order valence-electron chi connectivity index (χ2n) is 8.32. The average molecular weight is 513 g/mol. The van der Waals surface area contributed by atoms with E-state index in [0.29, 0.717) is 21.7 Å². The Hall–Kier alpha value is -3.89. The van der Waals surface area contributed by atoms with E-state index in [2.05, 4.69) is 10.3 Å². The number of hydrogen-bond donors (Lipinski definition) is 2. The fraction of sp³-hybridized carbons (Fsp3) is 0.280. The van der Waals surface area contributed by atoms with E-state index in [1.807, 2.05) is 0 Å². The van der Waals surface area contributed by atoms with Crippen LogP contribution in [0.2, 0.25) is 5.02 Å². The van der Waals surface area contributed by atoms with Gasteiger partial charge in [0.05, 0.1) is 13.2 Å². The minimum absolute atomic E-state index is 0.0275. The number of carbonyl (C=O) groups is 1. The number of anilines is 2. The largest absolute Gasteiger partial charge is 0.460 e. The number of nitrogens with one attached hydrogen (secondary N) is 1. The molecule has 0 fully saturated rings. The molecule has 2 N–H and O–H groups in total. The molecule has 0 radical (unpaired) electrons. The highest BCUT2D eigenvalue weighted by Crippen LogP contribution is 2.25. The summed E-state index contributed by atoms with van der Waals surface area (Å²) < 4.78 is 12.9. The van der Waals surface area contributed by atoms with Gasteiger partial charge >= 0.3 is 17.3 Å². The molecule has 0 aliphatic heterocycles. The van der Waals surface area contributed by atoms with Crippen molar-refractivity contribution in [3.63, 3.8) is 0 Å². The average Bonchev–Trinajstić information content (AvgIpc) is 3.29. The minimum atomic E-state index is -0.732. The Morgan fingerprint density at radius 1 is 1.17 bits per heavy atom. The van der Waals surface area contributed by atoms with Gasteiger partial charge in [-0.25, -0.2) is 19.0 Å². The van der Waals surface area contributed by atoms with Crippen LogP contribution in [0.25, 0.3) is 11.0 Å². The van der Waals surface area contributed by atoms with Crippen molar-refractivity contribution in [3.05, 3.63) is 85.8 Å². The number of ether oxygens (including phenoxy) is 1. The van der Waals surface area contributed by atoms with E-state index < -0.39 is 17.3 Å². The highest BCUT2D eigenvalue weighted by molar-refractivity contribution is 6.30. The number of aliphatic hydroxyl groups excluding tert-OH is 1. The molecule has 4 rings (SSSR count). The zero-order valence-corrected chi connectivity index (χ0v) is 20.5. The van der Waals surface area contributed by atoms with Crippen molar-refractivity contribution < 1.29 is 19.1 Å². The number of halogens is 1. The number of furan rings is 1. The highest BCUT2D eigenvalue weighted by atomic mass is 35.5. The first kappa shape index (κ1) is 25.2. The van der Waals surface area contributed by atoms with Crippen LogP contribution in [0.4, 0.5) is 11.6 Å². The Kier molecular flexibility index (Phi) is 7.56. The highest BCUT2D eigenvalue weighted by Gasteiger charge is 2.17. The maximum absolute atomic E-state index is 13.3. The molecule has 0 aliphatic rings. The minimum Gasteiger partial charge on any atom is -0.460 e. The number of esters is 1. The summed E-state index contributed by atoms with van der Waals surface area (Å²) >= 11 is 5.99. The lowest BCUT2D eigenvalue weighted by molar-refractivity contribution is 0.0492. The molecule has 1 atom stereocenters. The fourth-order valence-corrected chi connectivity index (χ4v) is 3.74. The molecule has 0 saturated carbocycles. The van der Waals surface area contributed by atoms with E-state index in [-0.39, 0.29) is 43.9 Å². The number of nitrogens with zero attached hydrogens (tertiary/aromatic N) is 3. The van der Waals surface area contributed by atoms with E-state index in [1.54, 1.807) is 62.4 Å². The third-order valence-electron chi connectivity index (χ3n) is 5.46. The topological polar surface area (TPSA) is 129 Å². The number of aromatic nitrogens is 3. The van der Waals surface area contributed by atoms with Crippen LogP contribution in [0.3, 0.4) is 0 Å². The van der Waals surface area contributed by atoms with E-state index in [1.165, 1.54) is 4.57 Å². The Bertz CT molecular complexity index is 1510. The normalized spacial score (nSPS) is 12.0. The van der Waals surface area contributed by atoms with Crippen LogP contribution in [-0.2, 0) is 17.8 Å². The summed E-state index contributed by atoms with van der Waals surface area (Å²) in [5.74, 6) is -0.761. The Balaban J connectivity index is 1.74. The smallest absolute Gasteiger partial charge is 0.374 e. The van der Waals surface area contributed by atoms with Gasteiger partial charge in [-0.05, 0) is 54.8 Å². The van der Waals surface area contributed by atoms with Crippen LogP contribution in [-0.4, -0.2) is 38.4 Å². The summed E-state index contributed by atoms with van der Waals surface area (Å²) in [7, 11) is 0. The van der Waals surface area contributed by atoms with Gasteiger partial charge in [0, 0.05) is 29.2 Å². The van der Waals surface area contributed by atoms with Gasteiger partial charge in [0.15, 0.2) is 0 Å². The van der Waals surface area contributed by atoms with Gasteiger partial charge in [-0.15, -0.1) is 0 Å². The molecule has 0 spiro atoms. The quantitative estimate of drug-likeness (QED) is 0.326. The van der Waals surface area contributed by atoms with Crippen molar-refractivity contribution in [2.45, 2.75) is 26.9 Å². The Morgan fingerprint density at radius 3 is 2.61 bits per heavy atom. The van der Waals surface area contributed by atoms with E-state index in [0.717, 1.165) is 10.1 Å². The molecule has 0 amide bonds. The SMILES string of the molecule is CCOC(=O)c1cc2cc(Nc3nc(=O)n(C[C@H](C)CO)c(=O)n3Cc3ccc(Cl)cc3)ccc2o1. The summed E-state index contributed by atoms with van der Waals surface area (Å²) in [6.07, 6.45) is 0. The molecule has 2 aromatic carbocycles. The first-order chi connectivity index (χ1) is 17.3. The molecule has 2 aromatic heterocycles. The van der Waals surface area contributed by atoms with Crippen LogP contribution >= 0.6 is 11.6 Å². The molecule has 0 saturated heterocycles. The van der Waals surface area contributed by atoms with Crippen LogP contribution in [0, 0.1) is 5.92 Å². The fourth-order valence-electron chi connectivity index (χ4n) is 3.62. The maximum Gasteiger partial charge on any atom is 0.374 e. The predicted octanol–water partition coefficient (Wildman–Crippen LogP) is 3.40. The molecule has 0 unspecified atom stereocenters.